The molecule has 2 amide bonds. The fourth-order valence-electron chi connectivity index (χ4n) is 4.31. The van der Waals surface area contributed by atoms with Crippen molar-refractivity contribution in [3.63, 3.8) is 0 Å². The van der Waals surface area contributed by atoms with Crippen molar-refractivity contribution in [2.45, 2.75) is 44.7 Å². The number of piperidine rings is 1. The van der Waals surface area contributed by atoms with Crippen molar-refractivity contribution >= 4 is 28.8 Å². The molecule has 10 nitrogen and oxygen atoms in total. The van der Waals surface area contributed by atoms with Gasteiger partial charge in [-0.3, -0.25) is 9.59 Å². The van der Waals surface area contributed by atoms with Crippen LogP contribution >= 0.6 is 0 Å². The number of pyridine rings is 1. The summed E-state index contributed by atoms with van der Waals surface area (Å²) in [4.78, 5) is 41.0. The Kier molecular flexibility index (Phi) is 7.01. The minimum Gasteiger partial charge on any atom is -0.364 e. The number of hydrogen-bond acceptors (Lipinski definition) is 7. The molecule has 3 aromatic heterocycles. The quantitative estimate of drug-likeness (QED) is 0.509. The molecule has 1 fully saturated rings. The molecule has 3 aromatic rings. The number of aryl methyl sites for hydroxylation is 1. The first-order chi connectivity index (χ1) is 16.5. The van der Waals surface area contributed by atoms with E-state index in [1.165, 1.54) is 12.4 Å². The summed E-state index contributed by atoms with van der Waals surface area (Å²) in [6, 6.07) is 7.66. The molecule has 0 saturated carbocycles. The van der Waals surface area contributed by atoms with E-state index in [1.807, 2.05) is 40.9 Å². The van der Waals surface area contributed by atoms with E-state index >= 15 is 0 Å². The van der Waals surface area contributed by atoms with Gasteiger partial charge in [-0.15, -0.1) is 0 Å². The Morgan fingerprint density at radius 3 is 2.59 bits per heavy atom. The van der Waals surface area contributed by atoms with E-state index in [4.69, 9.17) is 11.0 Å². The Hall–Kier alpha value is -4.00. The molecule has 0 aromatic carbocycles. The van der Waals surface area contributed by atoms with Gasteiger partial charge in [0.1, 0.15) is 17.4 Å². The largest absolute Gasteiger partial charge is 0.364 e. The van der Waals surface area contributed by atoms with Crippen LogP contribution in [-0.4, -0.2) is 62.4 Å². The highest BCUT2D eigenvalue weighted by Gasteiger charge is 2.26. The van der Waals surface area contributed by atoms with E-state index in [1.54, 1.807) is 6.07 Å². The summed E-state index contributed by atoms with van der Waals surface area (Å²) in [6.45, 7) is 2.27. The van der Waals surface area contributed by atoms with Crippen molar-refractivity contribution in [1.82, 2.24) is 24.4 Å². The third-order valence-corrected chi connectivity index (χ3v) is 6.36. The summed E-state index contributed by atoms with van der Waals surface area (Å²) in [5, 5.41) is 9.84. The molecule has 34 heavy (non-hydrogen) atoms. The minimum atomic E-state index is -0.543. The van der Waals surface area contributed by atoms with Crippen molar-refractivity contribution in [3.05, 3.63) is 48.0 Å². The molecule has 4 rings (SSSR count). The normalized spacial score (nSPS) is 14.2. The second-order valence-electron chi connectivity index (χ2n) is 8.55. The summed E-state index contributed by atoms with van der Waals surface area (Å²) in [5.41, 5.74) is 6.77. The Balaban J connectivity index is 1.22. The highest BCUT2D eigenvalue weighted by molar-refractivity contribution is 5.93. The smallest absolute Gasteiger partial charge is 0.267 e. The van der Waals surface area contributed by atoms with Gasteiger partial charge in [0.15, 0.2) is 0 Å². The van der Waals surface area contributed by atoms with Crippen molar-refractivity contribution in [2.24, 2.45) is 5.73 Å². The number of primary amides is 1. The van der Waals surface area contributed by atoms with Crippen LogP contribution in [0.4, 0.5) is 5.95 Å². The first-order valence-corrected chi connectivity index (χ1v) is 11.4. The lowest BCUT2D eigenvalue weighted by molar-refractivity contribution is -0.132. The number of rotatable bonds is 8. The van der Waals surface area contributed by atoms with Gasteiger partial charge < -0.3 is 20.1 Å². The molecule has 0 aliphatic carbocycles. The molecular weight excluding hydrogens is 432 g/mol. The summed E-state index contributed by atoms with van der Waals surface area (Å²) in [7, 11) is 1.88. The number of aromatic nitrogens is 4. The minimum absolute atomic E-state index is 0.152. The maximum Gasteiger partial charge on any atom is 0.267 e. The number of nitrogens with two attached hydrogens (primary N) is 1. The molecular formula is C24H28N8O2. The van der Waals surface area contributed by atoms with E-state index in [9.17, 15) is 9.59 Å². The Morgan fingerprint density at radius 1 is 1.18 bits per heavy atom. The van der Waals surface area contributed by atoms with Crippen molar-refractivity contribution < 1.29 is 9.59 Å². The molecule has 0 radical (unpaired) electrons. The molecule has 0 unspecified atom stereocenters. The summed E-state index contributed by atoms with van der Waals surface area (Å²) in [6.07, 6.45) is 8.83. The molecule has 2 N–H and O–H groups in total. The molecule has 176 valence electrons. The number of hydrogen-bond donors (Lipinski definition) is 1. The van der Waals surface area contributed by atoms with Gasteiger partial charge in [0.05, 0.1) is 18.0 Å². The van der Waals surface area contributed by atoms with Crippen LogP contribution in [0.5, 0.6) is 0 Å². The standard InChI is InChI=1S/C24H28N8O2/c1-30(19-8-12-32(13-9-19)24-27-15-17(14-25)16-28-24)21(33)4-2-3-10-31-11-7-18-5-6-20(22(26)34)29-23(18)31/h5-7,11,15-16,19H,2-4,8-10,12-13H2,1H3,(H2,26,34). The SMILES string of the molecule is CN(C(=O)CCCCn1ccc2ccc(C(N)=O)nc21)C1CCN(c2ncc(C#N)cn2)CC1. The fourth-order valence-corrected chi connectivity index (χ4v) is 4.31. The highest BCUT2D eigenvalue weighted by Crippen LogP contribution is 2.20. The van der Waals surface area contributed by atoms with E-state index < -0.39 is 5.91 Å². The van der Waals surface area contributed by atoms with Gasteiger partial charge in [-0.05, 0) is 43.9 Å². The monoisotopic (exact) mass is 460 g/mol. The average Bonchev–Trinajstić information content (AvgIpc) is 3.28. The maximum absolute atomic E-state index is 12.7. The van der Waals surface area contributed by atoms with Gasteiger partial charge >= 0.3 is 0 Å². The van der Waals surface area contributed by atoms with E-state index in [-0.39, 0.29) is 17.6 Å². The van der Waals surface area contributed by atoms with Crippen LogP contribution < -0.4 is 10.6 Å². The van der Waals surface area contributed by atoms with Crippen LogP contribution in [0.25, 0.3) is 11.0 Å². The molecule has 0 spiro atoms. The van der Waals surface area contributed by atoms with E-state index in [2.05, 4.69) is 19.9 Å². The molecule has 1 aliphatic heterocycles. The average molecular weight is 461 g/mol. The van der Waals surface area contributed by atoms with Crippen LogP contribution in [0.1, 0.15) is 48.2 Å². The van der Waals surface area contributed by atoms with Crippen LogP contribution in [0, 0.1) is 11.3 Å². The van der Waals surface area contributed by atoms with Crippen molar-refractivity contribution in [2.75, 3.05) is 25.0 Å². The van der Waals surface area contributed by atoms with Gasteiger partial charge in [-0.25, -0.2) is 15.0 Å². The van der Waals surface area contributed by atoms with E-state index in [0.717, 1.165) is 56.4 Å². The van der Waals surface area contributed by atoms with Gasteiger partial charge in [-0.2, -0.15) is 5.26 Å². The molecule has 0 bridgehead atoms. The lowest BCUT2D eigenvalue weighted by Crippen LogP contribution is -2.46. The number of nitrogens with zero attached hydrogens (tertiary/aromatic N) is 7. The van der Waals surface area contributed by atoms with Crippen molar-refractivity contribution in [3.8, 4) is 6.07 Å². The van der Waals surface area contributed by atoms with Crippen LogP contribution in [0.3, 0.4) is 0 Å². The Bertz CT molecular complexity index is 1210. The molecule has 10 heteroatoms. The summed E-state index contributed by atoms with van der Waals surface area (Å²) in [5.74, 6) is 0.236. The zero-order valence-electron chi connectivity index (χ0n) is 19.2. The third-order valence-electron chi connectivity index (χ3n) is 6.36. The number of carbonyl (C=O) groups excluding carboxylic acids is 2. The zero-order valence-corrected chi connectivity index (χ0v) is 19.2. The van der Waals surface area contributed by atoms with Crippen LogP contribution in [0.15, 0.2) is 36.8 Å². The number of amides is 2. The second kappa shape index (κ2) is 10.3. The van der Waals surface area contributed by atoms with Crippen LogP contribution in [0.2, 0.25) is 0 Å². The molecule has 0 atom stereocenters. The molecule has 1 saturated heterocycles. The Labute approximate surface area is 198 Å². The highest BCUT2D eigenvalue weighted by atomic mass is 16.2. The van der Waals surface area contributed by atoms with Gasteiger partial charge in [-0.1, -0.05) is 0 Å². The summed E-state index contributed by atoms with van der Waals surface area (Å²) < 4.78 is 2.00. The number of fused-ring (bicyclic) bond motifs is 1. The number of carbonyl (C=O) groups is 2. The second-order valence-corrected chi connectivity index (χ2v) is 8.55. The number of anilines is 1. The van der Waals surface area contributed by atoms with Gasteiger partial charge in [0.25, 0.3) is 5.91 Å². The van der Waals surface area contributed by atoms with Crippen LogP contribution in [-0.2, 0) is 11.3 Å². The zero-order chi connectivity index (χ0) is 24.1. The predicted molar refractivity (Wildman–Crippen MR) is 127 cm³/mol. The number of unbranched alkanes of at least 4 members (excludes halogenated alkanes) is 1. The Morgan fingerprint density at radius 2 is 1.91 bits per heavy atom. The summed E-state index contributed by atoms with van der Waals surface area (Å²) >= 11 is 0. The fraction of sp³-hybridized carbons (Fsp3) is 0.417. The molecule has 4 heterocycles. The molecule has 1 aliphatic rings. The maximum atomic E-state index is 12.7. The van der Waals surface area contributed by atoms with Crippen molar-refractivity contribution in [1.29, 1.82) is 5.26 Å². The first-order valence-electron chi connectivity index (χ1n) is 11.4. The van der Waals surface area contributed by atoms with Gasteiger partial charge in [0, 0.05) is 50.7 Å². The van der Waals surface area contributed by atoms with E-state index in [0.29, 0.717) is 17.9 Å². The number of nitriles is 1. The first kappa shape index (κ1) is 23.2. The topological polar surface area (TPSA) is 134 Å². The van der Waals surface area contributed by atoms with Gasteiger partial charge in [0.2, 0.25) is 11.9 Å². The predicted octanol–water partition coefficient (Wildman–Crippen LogP) is 2.09. The lowest BCUT2D eigenvalue weighted by Gasteiger charge is -2.36. The lowest BCUT2D eigenvalue weighted by atomic mass is 10.0. The third kappa shape index (κ3) is 5.14.